The van der Waals surface area contributed by atoms with Gasteiger partial charge in [-0.1, -0.05) is 32.4 Å². The summed E-state index contributed by atoms with van der Waals surface area (Å²) in [5, 5.41) is 11.7. The smallest absolute Gasteiger partial charge is 0.332 e. The maximum atomic E-state index is 12.8. The van der Waals surface area contributed by atoms with E-state index in [2.05, 4.69) is 9.97 Å². The number of aromatic nitrogens is 4. The van der Waals surface area contributed by atoms with Crippen LogP contribution in [0, 0.1) is 0 Å². The zero-order chi connectivity index (χ0) is 22.9. The first-order valence-corrected chi connectivity index (χ1v) is 11.0. The standard InChI is InChI=1S/C21H25ClN4O4S/c1-21(2,3)19-23-16-15(18(28)26(5)20(29)25(16)4)17(24-19)31-11-13(27)10-30-14-8-6-12(22)7-9-14/h6-9,13,27H,10-11H2,1-5H3. The zero-order valence-corrected chi connectivity index (χ0v) is 19.6. The van der Waals surface area contributed by atoms with Crippen LogP contribution >= 0.6 is 23.4 Å². The van der Waals surface area contributed by atoms with Crippen LogP contribution < -0.4 is 16.0 Å². The van der Waals surface area contributed by atoms with Crippen molar-refractivity contribution in [3.8, 4) is 5.75 Å². The molecule has 1 atom stereocenters. The van der Waals surface area contributed by atoms with E-state index in [1.54, 1.807) is 31.3 Å². The van der Waals surface area contributed by atoms with Crippen LogP contribution in [0.4, 0.5) is 0 Å². The summed E-state index contributed by atoms with van der Waals surface area (Å²) < 4.78 is 7.97. The van der Waals surface area contributed by atoms with Crippen molar-refractivity contribution in [1.29, 1.82) is 0 Å². The van der Waals surface area contributed by atoms with Crippen molar-refractivity contribution >= 4 is 34.4 Å². The summed E-state index contributed by atoms with van der Waals surface area (Å²) in [6.07, 6.45) is -0.805. The van der Waals surface area contributed by atoms with Crippen LogP contribution in [0.3, 0.4) is 0 Å². The number of hydrogen-bond acceptors (Lipinski definition) is 7. The van der Waals surface area contributed by atoms with Crippen LogP contribution in [0.5, 0.6) is 5.75 Å². The van der Waals surface area contributed by atoms with E-state index in [1.165, 1.54) is 23.4 Å². The van der Waals surface area contributed by atoms with Gasteiger partial charge in [-0.2, -0.15) is 0 Å². The first-order chi connectivity index (χ1) is 14.5. The van der Waals surface area contributed by atoms with Crippen molar-refractivity contribution in [2.75, 3.05) is 12.4 Å². The van der Waals surface area contributed by atoms with Crippen LogP contribution in [0.2, 0.25) is 5.02 Å². The molecule has 0 saturated carbocycles. The van der Waals surface area contributed by atoms with Gasteiger partial charge in [0.2, 0.25) is 0 Å². The summed E-state index contributed by atoms with van der Waals surface area (Å²) in [5.74, 6) is 1.35. The number of aliphatic hydroxyl groups excluding tert-OH is 1. The fourth-order valence-electron chi connectivity index (χ4n) is 2.82. The number of aliphatic hydroxyl groups is 1. The van der Waals surface area contributed by atoms with Crippen molar-refractivity contribution in [1.82, 2.24) is 19.1 Å². The average Bonchev–Trinajstić information content (AvgIpc) is 2.73. The number of halogens is 1. The van der Waals surface area contributed by atoms with Crippen LogP contribution in [0.25, 0.3) is 11.0 Å². The van der Waals surface area contributed by atoms with Crippen molar-refractivity contribution in [3.05, 3.63) is 56.0 Å². The highest BCUT2D eigenvalue weighted by Crippen LogP contribution is 2.27. The van der Waals surface area contributed by atoms with E-state index in [-0.39, 0.29) is 23.4 Å². The molecule has 0 radical (unpaired) electrons. The van der Waals surface area contributed by atoms with Gasteiger partial charge in [0, 0.05) is 30.3 Å². The number of thioether (sulfide) groups is 1. The van der Waals surface area contributed by atoms with Crippen molar-refractivity contribution in [2.24, 2.45) is 14.1 Å². The molecule has 0 aliphatic heterocycles. The summed E-state index contributed by atoms with van der Waals surface area (Å²) in [4.78, 5) is 34.3. The normalized spacial score (nSPS) is 12.9. The molecule has 8 nitrogen and oxygen atoms in total. The molecule has 0 bridgehead atoms. The molecule has 2 heterocycles. The minimum absolute atomic E-state index is 0.0697. The molecule has 0 amide bonds. The van der Waals surface area contributed by atoms with Crippen LogP contribution in [0.1, 0.15) is 26.6 Å². The van der Waals surface area contributed by atoms with Gasteiger partial charge >= 0.3 is 5.69 Å². The Balaban J connectivity index is 1.90. The molecule has 1 N–H and O–H groups in total. The molecule has 10 heteroatoms. The van der Waals surface area contributed by atoms with E-state index in [0.29, 0.717) is 21.6 Å². The summed E-state index contributed by atoms with van der Waals surface area (Å²) in [7, 11) is 3.00. The van der Waals surface area contributed by atoms with E-state index in [9.17, 15) is 14.7 Å². The van der Waals surface area contributed by atoms with Crippen molar-refractivity contribution in [3.63, 3.8) is 0 Å². The molecule has 0 spiro atoms. The Bertz CT molecular complexity index is 1220. The lowest BCUT2D eigenvalue weighted by Gasteiger charge is -2.19. The maximum absolute atomic E-state index is 12.8. The molecule has 3 rings (SSSR count). The lowest BCUT2D eigenvalue weighted by atomic mass is 9.96. The second-order valence-corrected chi connectivity index (χ2v) is 9.68. The van der Waals surface area contributed by atoms with Gasteiger partial charge in [-0.05, 0) is 24.3 Å². The van der Waals surface area contributed by atoms with Gasteiger partial charge in [0.15, 0.2) is 5.65 Å². The third-order valence-electron chi connectivity index (χ3n) is 4.61. The van der Waals surface area contributed by atoms with E-state index >= 15 is 0 Å². The summed E-state index contributed by atoms with van der Waals surface area (Å²) in [6.45, 7) is 5.93. The highest BCUT2D eigenvalue weighted by Gasteiger charge is 2.24. The minimum atomic E-state index is -0.805. The van der Waals surface area contributed by atoms with E-state index < -0.39 is 22.8 Å². The Morgan fingerprint density at radius 1 is 1.13 bits per heavy atom. The van der Waals surface area contributed by atoms with E-state index in [1.807, 2.05) is 20.8 Å². The molecular formula is C21H25ClN4O4S. The Labute approximate surface area is 188 Å². The van der Waals surface area contributed by atoms with E-state index in [4.69, 9.17) is 16.3 Å². The largest absolute Gasteiger partial charge is 0.491 e. The molecule has 0 saturated heterocycles. The maximum Gasteiger partial charge on any atom is 0.332 e. The number of nitrogens with zero attached hydrogens (tertiary/aromatic N) is 4. The van der Waals surface area contributed by atoms with Crippen LogP contribution in [-0.4, -0.2) is 42.7 Å². The Morgan fingerprint density at radius 2 is 1.77 bits per heavy atom. The third-order valence-corrected chi connectivity index (χ3v) is 5.98. The third kappa shape index (κ3) is 5.11. The fourth-order valence-corrected chi connectivity index (χ4v) is 3.86. The highest BCUT2D eigenvalue weighted by molar-refractivity contribution is 7.99. The molecule has 0 aliphatic rings. The molecule has 2 aromatic heterocycles. The lowest BCUT2D eigenvalue weighted by Crippen LogP contribution is -2.38. The molecule has 31 heavy (non-hydrogen) atoms. The zero-order valence-electron chi connectivity index (χ0n) is 18.0. The van der Waals surface area contributed by atoms with Gasteiger partial charge in [0.05, 0.1) is 6.10 Å². The molecule has 0 fully saturated rings. The minimum Gasteiger partial charge on any atom is -0.491 e. The van der Waals surface area contributed by atoms with E-state index in [0.717, 1.165) is 4.57 Å². The predicted octanol–water partition coefficient (Wildman–Crippen LogP) is 2.51. The molecule has 1 unspecified atom stereocenters. The van der Waals surface area contributed by atoms with Gasteiger partial charge < -0.3 is 9.84 Å². The second-order valence-electron chi connectivity index (χ2n) is 8.24. The molecule has 3 aromatic rings. The number of rotatable bonds is 6. The fraction of sp³-hybridized carbons (Fsp3) is 0.429. The number of benzene rings is 1. The molecule has 0 aliphatic carbocycles. The number of aryl methyl sites for hydroxylation is 1. The van der Waals surface area contributed by atoms with Gasteiger partial charge in [0.1, 0.15) is 28.6 Å². The van der Waals surface area contributed by atoms with Gasteiger partial charge in [-0.25, -0.2) is 14.8 Å². The molecule has 166 valence electrons. The first-order valence-electron chi connectivity index (χ1n) is 9.66. The van der Waals surface area contributed by atoms with Gasteiger partial charge in [0.25, 0.3) is 5.56 Å². The summed E-state index contributed by atoms with van der Waals surface area (Å²) in [5.41, 5.74) is -1.03. The average molecular weight is 465 g/mol. The quantitative estimate of drug-likeness (QED) is 0.442. The Hall–Kier alpha value is -2.36. The SMILES string of the molecule is Cn1c(=O)c2c(SCC(O)COc3ccc(Cl)cc3)nc(C(C)(C)C)nc2n(C)c1=O. The molecular weight excluding hydrogens is 440 g/mol. The van der Waals surface area contributed by atoms with Crippen molar-refractivity contribution < 1.29 is 9.84 Å². The Kier molecular flexibility index (Phi) is 6.78. The number of hydrogen-bond donors (Lipinski definition) is 1. The summed E-state index contributed by atoms with van der Waals surface area (Å²) >= 11 is 7.09. The van der Waals surface area contributed by atoms with Gasteiger partial charge in [-0.15, -0.1) is 11.8 Å². The second kappa shape index (κ2) is 9.02. The first kappa shape index (κ1) is 23.3. The predicted molar refractivity (Wildman–Crippen MR) is 122 cm³/mol. The number of ether oxygens (including phenoxy) is 1. The van der Waals surface area contributed by atoms with Crippen LogP contribution in [0.15, 0.2) is 38.9 Å². The monoisotopic (exact) mass is 464 g/mol. The van der Waals surface area contributed by atoms with Crippen molar-refractivity contribution in [2.45, 2.75) is 37.3 Å². The van der Waals surface area contributed by atoms with Crippen LogP contribution in [-0.2, 0) is 19.5 Å². The van der Waals surface area contributed by atoms with Gasteiger partial charge in [-0.3, -0.25) is 13.9 Å². The number of fused-ring (bicyclic) bond motifs is 1. The lowest BCUT2D eigenvalue weighted by molar-refractivity contribution is 0.126. The Morgan fingerprint density at radius 3 is 2.39 bits per heavy atom. The topological polar surface area (TPSA) is 99.2 Å². The highest BCUT2D eigenvalue weighted by atomic mass is 35.5. The molecule has 1 aromatic carbocycles. The summed E-state index contributed by atoms with van der Waals surface area (Å²) in [6, 6.07) is 6.86.